The van der Waals surface area contributed by atoms with Gasteiger partial charge in [-0.25, -0.2) is 0 Å². The molecule has 0 bridgehead atoms. The number of piperidine rings is 1. The van der Waals surface area contributed by atoms with Gasteiger partial charge in [0, 0.05) is 6.54 Å². The van der Waals surface area contributed by atoms with Gasteiger partial charge in [-0.15, -0.1) is 0 Å². The van der Waals surface area contributed by atoms with E-state index in [-0.39, 0.29) is 11.9 Å². The molecule has 0 spiro atoms. The van der Waals surface area contributed by atoms with Crippen molar-refractivity contribution < 1.29 is 9.53 Å². The van der Waals surface area contributed by atoms with Crippen molar-refractivity contribution in [3.8, 4) is 6.07 Å². The average Bonchev–Trinajstić information content (AvgIpc) is 2.47. The van der Waals surface area contributed by atoms with Crippen LogP contribution in [0.1, 0.15) is 24.0 Å². The van der Waals surface area contributed by atoms with E-state index in [4.69, 9.17) is 10.00 Å². The Kier molecular flexibility index (Phi) is 4.53. The van der Waals surface area contributed by atoms with Crippen molar-refractivity contribution in [3.63, 3.8) is 0 Å². The first-order valence-corrected chi connectivity index (χ1v) is 6.52. The summed E-state index contributed by atoms with van der Waals surface area (Å²) < 4.78 is 4.78. The molecule has 0 radical (unpaired) electrons. The van der Waals surface area contributed by atoms with Crippen LogP contribution in [0.4, 0.5) is 0 Å². The summed E-state index contributed by atoms with van der Waals surface area (Å²) in [6, 6.07) is 9.84. The third-order valence-corrected chi connectivity index (χ3v) is 3.58. The number of ether oxygens (including phenoxy) is 1. The predicted molar refractivity (Wildman–Crippen MR) is 71.2 cm³/mol. The number of rotatable bonds is 3. The molecule has 19 heavy (non-hydrogen) atoms. The smallest absolute Gasteiger partial charge is 0.308 e. The second-order valence-electron chi connectivity index (χ2n) is 4.89. The Morgan fingerprint density at radius 2 is 2.21 bits per heavy atom. The van der Waals surface area contributed by atoms with E-state index in [1.54, 1.807) is 0 Å². The molecule has 1 aromatic rings. The zero-order chi connectivity index (χ0) is 13.7. The monoisotopic (exact) mass is 258 g/mol. The van der Waals surface area contributed by atoms with Gasteiger partial charge in [-0.05, 0) is 43.6 Å². The second-order valence-corrected chi connectivity index (χ2v) is 4.89. The van der Waals surface area contributed by atoms with Crippen molar-refractivity contribution in [3.05, 3.63) is 35.4 Å². The largest absolute Gasteiger partial charge is 0.469 e. The van der Waals surface area contributed by atoms with Crippen molar-refractivity contribution in [1.82, 2.24) is 4.90 Å². The summed E-state index contributed by atoms with van der Waals surface area (Å²) in [7, 11) is 1.45. The molecule has 4 heteroatoms. The molecule has 0 atom stereocenters. The zero-order valence-corrected chi connectivity index (χ0v) is 11.1. The molecule has 0 aliphatic carbocycles. The molecule has 1 aromatic carbocycles. The molecule has 1 aliphatic rings. The van der Waals surface area contributed by atoms with E-state index in [0.717, 1.165) is 38.0 Å². The number of carbonyl (C=O) groups is 1. The number of hydrogen-bond acceptors (Lipinski definition) is 4. The maximum absolute atomic E-state index is 11.4. The van der Waals surface area contributed by atoms with Crippen molar-refractivity contribution in [1.29, 1.82) is 5.26 Å². The molecule has 2 rings (SSSR count). The molecule has 1 aliphatic heterocycles. The van der Waals surface area contributed by atoms with Crippen molar-refractivity contribution >= 4 is 5.97 Å². The van der Waals surface area contributed by atoms with Crippen LogP contribution in [-0.4, -0.2) is 31.1 Å². The van der Waals surface area contributed by atoms with E-state index in [2.05, 4.69) is 11.0 Å². The normalized spacial score (nSPS) is 16.8. The van der Waals surface area contributed by atoms with Crippen LogP contribution >= 0.6 is 0 Å². The Hall–Kier alpha value is -1.86. The lowest BCUT2D eigenvalue weighted by Crippen LogP contribution is -2.36. The maximum atomic E-state index is 11.4. The summed E-state index contributed by atoms with van der Waals surface area (Å²) in [4.78, 5) is 13.8. The molecule has 1 heterocycles. The van der Waals surface area contributed by atoms with Crippen molar-refractivity contribution in [2.24, 2.45) is 5.92 Å². The Morgan fingerprint density at radius 3 is 2.84 bits per heavy atom. The molecule has 0 amide bonds. The second kappa shape index (κ2) is 6.35. The number of hydrogen-bond donors (Lipinski definition) is 0. The van der Waals surface area contributed by atoms with E-state index < -0.39 is 0 Å². The van der Waals surface area contributed by atoms with Crippen LogP contribution < -0.4 is 0 Å². The summed E-state index contributed by atoms with van der Waals surface area (Å²) in [5.74, 6) is -0.0437. The third-order valence-electron chi connectivity index (χ3n) is 3.58. The summed E-state index contributed by atoms with van der Waals surface area (Å²) >= 11 is 0. The first-order valence-electron chi connectivity index (χ1n) is 6.52. The molecular weight excluding hydrogens is 240 g/mol. The lowest BCUT2D eigenvalue weighted by molar-refractivity contribution is -0.147. The zero-order valence-electron chi connectivity index (χ0n) is 11.1. The molecule has 4 nitrogen and oxygen atoms in total. The average molecular weight is 258 g/mol. The molecule has 100 valence electrons. The highest BCUT2D eigenvalue weighted by Gasteiger charge is 2.25. The van der Waals surface area contributed by atoms with Crippen LogP contribution in [0.3, 0.4) is 0 Å². The van der Waals surface area contributed by atoms with E-state index >= 15 is 0 Å². The fourth-order valence-corrected chi connectivity index (χ4v) is 2.49. The van der Waals surface area contributed by atoms with Crippen molar-refractivity contribution in [2.45, 2.75) is 19.4 Å². The van der Waals surface area contributed by atoms with E-state index in [9.17, 15) is 4.79 Å². The van der Waals surface area contributed by atoms with Crippen LogP contribution in [0, 0.1) is 17.2 Å². The first-order chi connectivity index (χ1) is 9.22. The van der Waals surface area contributed by atoms with Gasteiger partial charge in [-0.3, -0.25) is 9.69 Å². The minimum atomic E-state index is -0.0915. The summed E-state index contributed by atoms with van der Waals surface area (Å²) in [5, 5.41) is 8.88. The lowest BCUT2D eigenvalue weighted by atomic mass is 9.96. The fourth-order valence-electron chi connectivity index (χ4n) is 2.49. The van der Waals surface area contributed by atoms with Gasteiger partial charge in [0.2, 0.25) is 0 Å². The number of nitriles is 1. The van der Waals surface area contributed by atoms with Gasteiger partial charge < -0.3 is 4.74 Å². The quantitative estimate of drug-likeness (QED) is 0.777. The van der Waals surface area contributed by atoms with Crippen LogP contribution in [-0.2, 0) is 16.1 Å². The SMILES string of the molecule is COC(=O)C1CCN(Cc2cccc(C#N)c2)CC1. The third kappa shape index (κ3) is 3.55. The molecule has 1 fully saturated rings. The maximum Gasteiger partial charge on any atom is 0.308 e. The highest BCUT2D eigenvalue weighted by atomic mass is 16.5. The molecule has 0 unspecified atom stereocenters. The van der Waals surface area contributed by atoms with E-state index in [0.29, 0.717) is 5.56 Å². The van der Waals surface area contributed by atoms with E-state index in [1.807, 2.05) is 24.3 Å². The number of likely N-dealkylation sites (tertiary alicyclic amines) is 1. The van der Waals surface area contributed by atoms with Crippen LogP contribution in [0.25, 0.3) is 0 Å². The van der Waals surface area contributed by atoms with Gasteiger partial charge in [0.15, 0.2) is 0 Å². The number of methoxy groups -OCH3 is 1. The van der Waals surface area contributed by atoms with Crippen LogP contribution in [0.5, 0.6) is 0 Å². The summed E-state index contributed by atoms with van der Waals surface area (Å²) in [6.45, 7) is 2.64. The lowest BCUT2D eigenvalue weighted by Gasteiger charge is -2.30. The molecule has 1 saturated heterocycles. The predicted octanol–water partition coefficient (Wildman–Crippen LogP) is 1.94. The summed E-state index contributed by atoms with van der Waals surface area (Å²) in [6.07, 6.45) is 1.70. The topological polar surface area (TPSA) is 53.3 Å². The Balaban J connectivity index is 1.89. The van der Waals surface area contributed by atoms with Gasteiger partial charge in [-0.1, -0.05) is 12.1 Å². The molecule has 0 aromatic heterocycles. The minimum Gasteiger partial charge on any atom is -0.469 e. The van der Waals surface area contributed by atoms with Crippen LogP contribution in [0.15, 0.2) is 24.3 Å². The summed E-state index contributed by atoms with van der Waals surface area (Å²) in [5.41, 5.74) is 1.84. The van der Waals surface area contributed by atoms with Gasteiger partial charge in [0.25, 0.3) is 0 Å². The Morgan fingerprint density at radius 1 is 1.47 bits per heavy atom. The van der Waals surface area contributed by atoms with Crippen LogP contribution in [0.2, 0.25) is 0 Å². The minimum absolute atomic E-state index is 0.0479. The molecule has 0 N–H and O–H groups in total. The first kappa shape index (κ1) is 13.6. The Bertz CT molecular complexity index is 485. The van der Waals surface area contributed by atoms with E-state index in [1.165, 1.54) is 7.11 Å². The highest BCUT2D eigenvalue weighted by Crippen LogP contribution is 2.20. The highest BCUT2D eigenvalue weighted by molar-refractivity contribution is 5.72. The molecule has 0 saturated carbocycles. The number of nitrogens with zero attached hydrogens (tertiary/aromatic N) is 2. The number of carbonyl (C=O) groups excluding carboxylic acids is 1. The Labute approximate surface area is 113 Å². The van der Waals surface area contributed by atoms with Gasteiger partial charge in [0.1, 0.15) is 0 Å². The van der Waals surface area contributed by atoms with Crippen molar-refractivity contribution in [2.75, 3.05) is 20.2 Å². The fraction of sp³-hybridized carbons (Fsp3) is 0.467. The number of benzene rings is 1. The van der Waals surface area contributed by atoms with Gasteiger partial charge >= 0.3 is 5.97 Å². The standard InChI is InChI=1S/C15H18N2O2/c1-19-15(18)14-5-7-17(8-6-14)11-13-4-2-3-12(9-13)10-16/h2-4,9,14H,5-8,11H2,1H3. The van der Waals surface area contributed by atoms with Gasteiger partial charge in [0.05, 0.1) is 24.7 Å². The number of esters is 1. The van der Waals surface area contributed by atoms with Gasteiger partial charge in [-0.2, -0.15) is 5.26 Å². The molecular formula is C15H18N2O2.